The van der Waals surface area contributed by atoms with Gasteiger partial charge in [0.25, 0.3) is 0 Å². The Hall–Kier alpha value is -2.91. The molecule has 1 atom stereocenters. The number of benzene rings is 2. The van der Waals surface area contributed by atoms with E-state index in [2.05, 4.69) is 5.32 Å². The molecule has 1 aliphatic rings. The van der Waals surface area contributed by atoms with Crippen LogP contribution in [0.2, 0.25) is 0 Å². The third-order valence-corrected chi connectivity index (χ3v) is 7.53. The smallest absolute Gasteiger partial charge is 0.338 e. The van der Waals surface area contributed by atoms with E-state index in [0.717, 1.165) is 12.8 Å². The number of nitrogens with one attached hydrogen (secondary N) is 1. The van der Waals surface area contributed by atoms with E-state index in [-0.39, 0.29) is 17.3 Å². The molecule has 0 spiro atoms. The van der Waals surface area contributed by atoms with Crippen LogP contribution in [0.15, 0.2) is 53.4 Å². The lowest BCUT2D eigenvalue weighted by Gasteiger charge is -2.31. The number of sulfonamides is 1. The van der Waals surface area contributed by atoms with E-state index in [1.807, 2.05) is 13.8 Å². The Labute approximate surface area is 201 Å². The van der Waals surface area contributed by atoms with Gasteiger partial charge in [-0.2, -0.15) is 4.31 Å². The van der Waals surface area contributed by atoms with Crippen LogP contribution < -0.4 is 10.1 Å². The summed E-state index contributed by atoms with van der Waals surface area (Å²) in [6, 6.07) is 12.8. The molecule has 1 N–H and O–H groups in total. The van der Waals surface area contributed by atoms with Gasteiger partial charge in [-0.15, -0.1) is 0 Å². The van der Waals surface area contributed by atoms with Crippen LogP contribution in [0.1, 0.15) is 49.9 Å². The number of hydrogen-bond acceptors (Lipinski definition) is 6. The summed E-state index contributed by atoms with van der Waals surface area (Å²) < 4.78 is 38.1. The van der Waals surface area contributed by atoms with Crippen molar-refractivity contribution in [2.24, 2.45) is 5.92 Å². The number of rotatable bonds is 10. The molecule has 34 heavy (non-hydrogen) atoms. The number of amides is 1. The number of carbonyl (C=O) groups is 2. The summed E-state index contributed by atoms with van der Waals surface area (Å²) in [5, 5.41) is 2.83. The minimum atomic E-state index is -3.71. The van der Waals surface area contributed by atoms with Gasteiger partial charge < -0.3 is 14.8 Å². The Balaban J connectivity index is 1.60. The number of piperidine rings is 1. The van der Waals surface area contributed by atoms with Gasteiger partial charge in [0.05, 0.1) is 29.6 Å². The van der Waals surface area contributed by atoms with Crippen LogP contribution in [0.5, 0.6) is 5.75 Å². The molecular formula is C25H32N2O6S. The molecule has 184 valence electrons. The molecule has 2 aromatic rings. The maximum Gasteiger partial charge on any atom is 0.338 e. The minimum Gasteiger partial charge on any atom is -0.494 e. The van der Waals surface area contributed by atoms with Gasteiger partial charge in [0, 0.05) is 18.8 Å². The van der Waals surface area contributed by atoms with Crippen molar-refractivity contribution in [3.05, 3.63) is 54.1 Å². The number of unbranched alkanes of at least 4 members (excludes halogenated alkanes) is 1. The number of anilines is 1. The summed E-state index contributed by atoms with van der Waals surface area (Å²) in [6.45, 7) is 5.25. The molecule has 0 aromatic heterocycles. The fourth-order valence-corrected chi connectivity index (χ4v) is 5.25. The summed E-state index contributed by atoms with van der Waals surface area (Å²) in [4.78, 5) is 25.0. The van der Waals surface area contributed by atoms with E-state index >= 15 is 0 Å². The van der Waals surface area contributed by atoms with Crippen LogP contribution in [0.25, 0.3) is 0 Å². The van der Waals surface area contributed by atoms with E-state index in [9.17, 15) is 18.0 Å². The molecule has 0 saturated carbocycles. The predicted octanol–water partition coefficient (Wildman–Crippen LogP) is 4.08. The van der Waals surface area contributed by atoms with Crippen molar-refractivity contribution in [1.82, 2.24) is 4.31 Å². The maximum absolute atomic E-state index is 13.1. The average molecular weight is 489 g/mol. The highest BCUT2D eigenvalue weighted by Crippen LogP contribution is 2.26. The van der Waals surface area contributed by atoms with Crippen LogP contribution in [0.4, 0.5) is 5.69 Å². The lowest BCUT2D eigenvalue weighted by Crippen LogP contribution is -2.43. The van der Waals surface area contributed by atoms with Crippen LogP contribution >= 0.6 is 0 Å². The first-order valence-electron chi connectivity index (χ1n) is 11.7. The fourth-order valence-electron chi connectivity index (χ4n) is 3.72. The topological polar surface area (TPSA) is 102 Å². The SMILES string of the molecule is CCCCOC(=O)c1ccc(NC(=O)[C@@H]2CCCN(S(=O)(=O)c3ccc(OCC)cc3)C2)cc1. The molecule has 2 aromatic carbocycles. The van der Waals surface area contributed by atoms with Crippen molar-refractivity contribution in [2.45, 2.75) is 44.4 Å². The number of esters is 1. The lowest BCUT2D eigenvalue weighted by atomic mass is 9.98. The lowest BCUT2D eigenvalue weighted by molar-refractivity contribution is -0.120. The molecule has 8 nitrogen and oxygen atoms in total. The Morgan fingerprint density at radius 3 is 2.41 bits per heavy atom. The van der Waals surface area contributed by atoms with Crippen molar-refractivity contribution in [2.75, 3.05) is 31.6 Å². The van der Waals surface area contributed by atoms with E-state index in [4.69, 9.17) is 9.47 Å². The van der Waals surface area contributed by atoms with Crippen LogP contribution in [0, 0.1) is 5.92 Å². The van der Waals surface area contributed by atoms with Gasteiger partial charge in [-0.05, 0) is 74.7 Å². The number of hydrogen-bond donors (Lipinski definition) is 1. The zero-order valence-corrected chi connectivity index (χ0v) is 20.5. The van der Waals surface area contributed by atoms with Crippen molar-refractivity contribution < 1.29 is 27.5 Å². The van der Waals surface area contributed by atoms with Gasteiger partial charge in [0.15, 0.2) is 0 Å². The van der Waals surface area contributed by atoms with Gasteiger partial charge in [0.2, 0.25) is 15.9 Å². The molecule has 1 heterocycles. The first kappa shape index (κ1) is 25.7. The highest BCUT2D eigenvalue weighted by molar-refractivity contribution is 7.89. The van der Waals surface area contributed by atoms with Gasteiger partial charge in [-0.1, -0.05) is 13.3 Å². The molecule has 0 bridgehead atoms. The summed E-state index contributed by atoms with van der Waals surface area (Å²) in [6.07, 6.45) is 2.95. The zero-order chi connectivity index (χ0) is 24.6. The maximum atomic E-state index is 13.1. The minimum absolute atomic E-state index is 0.114. The van der Waals surface area contributed by atoms with Crippen molar-refractivity contribution in [1.29, 1.82) is 0 Å². The van der Waals surface area contributed by atoms with Crippen molar-refractivity contribution in [3.63, 3.8) is 0 Å². The van der Waals surface area contributed by atoms with E-state index in [0.29, 0.717) is 49.6 Å². The summed E-state index contributed by atoms with van der Waals surface area (Å²) in [5.41, 5.74) is 0.959. The first-order chi connectivity index (χ1) is 16.3. The normalized spacial score (nSPS) is 16.6. The highest BCUT2D eigenvalue weighted by atomic mass is 32.2. The van der Waals surface area contributed by atoms with E-state index < -0.39 is 21.9 Å². The molecule has 9 heteroatoms. The van der Waals surface area contributed by atoms with Gasteiger partial charge in [-0.3, -0.25) is 4.79 Å². The van der Waals surface area contributed by atoms with Crippen LogP contribution in [0.3, 0.4) is 0 Å². The Morgan fingerprint density at radius 1 is 1.06 bits per heavy atom. The molecule has 1 aliphatic heterocycles. The number of nitrogens with zero attached hydrogens (tertiary/aromatic N) is 1. The van der Waals surface area contributed by atoms with Crippen molar-refractivity contribution in [3.8, 4) is 5.75 Å². The third kappa shape index (κ3) is 6.57. The van der Waals surface area contributed by atoms with Crippen LogP contribution in [-0.4, -0.2) is 50.9 Å². The molecule has 0 radical (unpaired) electrons. The standard InChI is InChI=1S/C25H32N2O6S/c1-3-5-17-33-25(29)19-8-10-21(11-9-19)26-24(28)20-7-6-16-27(18-20)34(30,31)23-14-12-22(13-15-23)32-4-2/h8-15,20H,3-7,16-18H2,1-2H3,(H,26,28)/t20-/m1/s1. The van der Waals surface area contributed by atoms with Gasteiger partial charge in [-0.25, -0.2) is 13.2 Å². The fraction of sp³-hybridized carbons (Fsp3) is 0.440. The molecular weight excluding hydrogens is 456 g/mol. The molecule has 0 unspecified atom stereocenters. The quantitative estimate of drug-likeness (QED) is 0.399. The second kappa shape index (κ2) is 12.0. The largest absolute Gasteiger partial charge is 0.494 e. The van der Waals surface area contributed by atoms with Crippen molar-refractivity contribution >= 4 is 27.6 Å². The molecule has 1 amide bonds. The second-order valence-electron chi connectivity index (χ2n) is 8.16. The predicted molar refractivity (Wildman–Crippen MR) is 129 cm³/mol. The Bertz CT molecular complexity index is 1070. The highest BCUT2D eigenvalue weighted by Gasteiger charge is 2.33. The monoisotopic (exact) mass is 488 g/mol. The summed E-state index contributed by atoms with van der Waals surface area (Å²) >= 11 is 0. The van der Waals surface area contributed by atoms with E-state index in [1.165, 1.54) is 16.4 Å². The first-order valence-corrected chi connectivity index (χ1v) is 13.1. The Morgan fingerprint density at radius 2 is 1.76 bits per heavy atom. The molecule has 1 saturated heterocycles. The average Bonchev–Trinajstić information content (AvgIpc) is 2.85. The number of ether oxygens (including phenoxy) is 2. The van der Waals surface area contributed by atoms with E-state index in [1.54, 1.807) is 36.4 Å². The molecule has 3 rings (SSSR count). The Kier molecular flexibility index (Phi) is 9.06. The zero-order valence-electron chi connectivity index (χ0n) is 19.7. The number of carbonyl (C=O) groups excluding carboxylic acids is 2. The molecule has 0 aliphatic carbocycles. The van der Waals surface area contributed by atoms with Gasteiger partial charge in [0.1, 0.15) is 5.75 Å². The molecule has 1 fully saturated rings. The summed E-state index contributed by atoms with van der Waals surface area (Å²) in [5.74, 6) is -0.499. The second-order valence-corrected chi connectivity index (χ2v) is 10.1. The summed E-state index contributed by atoms with van der Waals surface area (Å²) in [7, 11) is -3.71. The van der Waals surface area contributed by atoms with Gasteiger partial charge >= 0.3 is 5.97 Å². The van der Waals surface area contributed by atoms with Crippen LogP contribution in [-0.2, 0) is 19.6 Å². The third-order valence-electron chi connectivity index (χ3n) is 5.65.